The Morgan fingerprint density at radius 3 is 2.59 bits per heavy atom. The van der Waals surface area contributed by atoms with Crippen LogP contribution < -0.4 is 16.1 Å². The highest BCUT2D eigenvalue weighted by Gasteiger charge is 2.41. The fourth-order valence-electron chi connectivity index (χ4n) is 4.74. The molecule has 2 aromatic carbocycles. The number of hydrazone groups is 1. The second kappa shape index (κ2) is 14.0. The van der Waals surface area contributed by atoms with E-state index in [-0.39, 0.29) is 17.2 Å². The Morgan fingerprint density at radius 1 is 1.12 bits per heavy atom. The van der Waals surface area contributed by atoms with Gasteiger partial charge in [0.1, 0.15) is 0 Å². The Morgan fingerprint density at radius 2 is 1.88 bits per heavy atom. The first-order chi connectivity index (χ1) is 19.7. The van der Waals surface area contributed by atoms with Crippen LogP contribution in [0.1, 0.15) is 60.5 Å². The standard InChI is InChI=1S/C31H35ClN4O4S/c1-2-3-4-5-8-18-36-25-15-14-23(41-19-16-21-10-12-22(13-11-21)29(38)39)20-24(25)27(28(36)37)34-35-30(40)31(32)17-7-6-9-26(31)33/h6-7,9-15,17,20,26H,2-5,8,16,18-19,33H2,1H3,(H,35,40)(H,38,39). The van der Waals surface area contributed by atoms with Crippen molar-refractivity contribution in [3.05, 3.63) is 83.5 Å². The van der Waals surface area contributed by atoms with Crippen LogP contribution in [-0.2, 0) is 16.0 Å². The molecule has 0 saturated heterocycles. The number of unbranched alkanes of at least 4 members (excludes halogenated alkanes) is 4. The molecule has 2 amide bonds. The minimum Gasteiger partial charge on any atom is -0.478 e. The number of hydrogen-bond donors (Lipinski definition) is 3. The van der Waals surface area contributed by atoms with E-state index in [1.807, 2.05) is 30.3 Å². The van der Waals surface area contributed by atoms with Crippen molar-refractivity contribution in [2.45, 2.75) is 61.3 Å². The van der Waals surface area contributed by atoms with Crippen LogP contribution in [0.4, 0.5) is 5.69 Å². The highest BCUT2D eigenvalue weighted by molar-refractivity contribution is 7.99. The predicted molar refractivity (Wildman–Crippen MR) is 165 cm³/mol. The predicted octanol–water partition coefficient (Wildman–Crippen LogP) is 5.29. The summed E-state index contributed by atoms with van der Waals surface area (Å²) < 4.78 is 0. The van der Waals surface area contributed by atoms with Crippen LogP contribution in [0, 0.1) is 0 Å². The Hall–Kier alpha value is -3.40. The molecule has 2 aromatic rings. The quantitative estimate of drug-likeness (QED) is 0.125. The normalized spacial score (nSPS) is 20.5. The number of fused-ring (bicyclic) bond motifs is 1. The molecule has 41 heavy (non-hydrogen) atoms. The highest BCUT2D eigenvalue weighted by Crippen LogP contribution is 2.34. The molecule has 2 atom stereocenters. The number of allylic oxidation sites excluding steroid dienone is 2. The van der Waals surface area contributed by atoms with Gasteiger partial charge in [-0.25, -0.2) is 10.2 Å². The van der Waals surface area contributed by atoms with Crippen LogP contribution in [-0.4, -0.2) is 51.8 Å². The van der Waals surface area contributed by atoms with Gasteiger partial charge in [-0.15, -0.1) is 23.4 Å². The fourth-order valence-corrected chi connectivity index (χ4v) is 5.86. The zero-order valence-corrected chi connectivity index (χ0v) is 24.6. The first-order valence-corrected chi connectivity index (χ1v) is 15.2. The number of carboxylic acid groups (broad SMARTS) is 1. The van der Waals surface area contributed by atoms with Gasteiger partial charge in [-0.05, 0) is 48.7 Å². The van der Waals surface area contributed by atoms with Crippen LogP contribution >= 0.6 is 23.4 Å². The number of hydrogen-bond acceptors (Lipinski definition) is 6. The third kappa shape index (κ3) is 7.28. The molecule has 0 spiro atoms. The average Bonchev–Trinajstić information content (AvgIpc) is 3.23. The molecule has 0 radical (unpaired) electrons. The SMILES string of the molecule is CCCCCCCN1C(=O)C(=NNC(=O)C2(Cl)C=CC=CC2N)c2cc(SCCc3ccc(C(=O)O)cc3)ccc21. The number of thioether (sulfide) groups is 1. The summed E-state index contributed by atoms with van der Waals surface area (Å²) in [6, 6.07) is 12.0. The number of nitrogens with one attached hydrogen (secondary N) is 1. The largest absolute Gasteiger partial charge is 0.478 e. The van der Waals surface area contributed by atoms with Gasteiger partial charge in [0.25, 0.3) is 11.8 Å². The van der Waals surface area contributed by atoms with Crippen LogP contribution in [0.15, 0.2) is 76.8 Å². The van der Waals surface area contributed by atoms with Crippen molar-refractivity contribution in [1.29, 1.82) is 0 Å². The molecule has 1 aliphatic heterocycles. The lowest BCUT2D eigenvalue weighted by Crippen LogP contribution is -2.52. The molecule has 0 bridgehead atoms. The fraction of sp³-hybridized carbons (Fsp3) is 0.355. The molecular weight excluding hydrogens is 560 g/mol. The molecule has 4 rings (SSSR count). The number of carbonyl (C=O) groups excluding carboxylic acids is 2. The van der Waals surface area contributed by atoms with Crippen molar-refractivity contribution in [2.75, 3.05) is 17.2 Å². The number of carbonyl (C=O) groups is 3. The Kier molecular flexibility index (Phi) is 10.4. The molecule has 216 valence electrons. The third-order valence-corrected chi connectivity index (χ3v) is 8.72. The number of rotatable bonds is 13. The lowest BCUT2D eigenvalue weighted by Gasteiger charge is -2.27. The number of benzene rings is 2. The van der Waals surface area contributed by atoms with E-state index in [9.17, 15) is 14.4 Å². The smallest absolute Gasteiger partial charge is 0.335 e. The van der Waals surface area contributed by atoms with Crippen LogP contribution in [0.2, 0.25) is 0 Å². The van der Waals surface area contributed by atoms with E-state index in [4.69, 9.17) is 22.4 Å². The van der Waals surface area contributed by atoms with E-state index < -0.39 is 22.8 Å². The molecule has 10 heteroatoms. The van der Waals surface area contributed by atoms with Gasteiger partial charge in [0.2, 0.25) is 0 Å². The first kappa shape index (κ1) is 30.6. The summed E-state index contributed by atoms with van der Waals surface area (Å²) in [5.74, 6) is -1.05. The summed E-state index contributed by atoms with van der Waals surface area (Å²) in [6.45, 7) is 2.73. The molecule has 1 aliphatic carbocycles. The molecule has 2 aliphatic rings. The molecule has 0 saturated carbocycles. The van der Waals surface area contributed by atoms with Gasteiger partial charge >= 0.3 is 5.97 Å². The molecule has 0 fully saturated rings. The number of halogens is 1. The van der Waals surface area contributed by atoms with Gasteiger partial charge in [-0.1, -0.05) is 69.0 Å². The van der Waals surface area contributed by atoms with Gasteiger partial charge in [0, 0.05) is 22.8 Å². The second-order valence-electron chi connectivity index (χ2n) is 10.1. The number of nitrogens with two attached hydrogens (primary N) is 1. The average molecular weight is 595 g/mol. The Bertz CT molecular complexity index is 1370. The summed E-state index contributed by atoms with van der Waals surface area (Å²) in [4.78, 5) is 38.8. The number of nitrogens with zero attached hydrogens (tertiary/aromatic N) is 2. The van der Waals surface area contributed by atoms with E-state index in [0.717, 1.165) is 54.0 Å². The number of aryl methyl sites for hydroxylation is 1. The number of carboxylic acids is 1. The van der Waals surface area contributed by atoms with Gasteiger partial charge in [-0.2, -0.15) is 5.10 Å². The van der Waals surface area contributed by atoms with E-state index in [1.165, 1.54) is 12.5 Å². The van der Waals surface area contributed by atoms with Gasteiger partial charge < -0.3 is 15.7 Å². The van der Waals surface area contributed by atoms with Crippen molar-refractivity contribution in [1.82, 2.24) is 5.43 Å². The molecule has 4 N–H and O–H groups in total. The van der Waals surface area contributed by atoms with E-state index >= 15 is 0 Å². The molecule has 1 heterocycles. The molecule has 8 nitrogen and oxygen atoms in total. The maximum atomic E-state index is 13.5. The van der Waals surface area contributed by atoms with Crippen molar-refractivity contribution in [2.24, 2.45) is 10.8 Å². The van der Waals surface area contributed by atoms with Crippen LogP contribution in [0.3, 0.4) is 0 Å². The Labute approximate surface area is 249 Å². The first-order valence-electron chi connectivity index (χ1n) is 13.8. The van der Waals surface area contributed by atoms with Gasteiger partial charge in [-0.3, -0.25) is 9.59 Å². The summed E-state index contributed by atoms with van der Waals surface area (Å²) in [5, 5.41) is 13.4. The van der Waals surface area contributed by atoms with Crippen molar-refractivity contribution >= 4 is 52.5 Å². The van der Waals surface area contributed by atoms with Crippen LogP contribution in [0.25, 0.3) is 0 Å². The van der Waals surface area contributed by atoms with Crippen molar-refractivity contribution < 1.29 is 19.5 Å². The monoisotopic (exact) mass is 594 g/mol. The van der Waals surface area contributed by atoms with Gasteiger partial charge in [0.15, 0.2) is 10.6 Å². The minimum absolute atomic E-state index is 0.165. The molecular formula is C31H35ClN4O4S. The molecule has 0 aromatic heterocycles. The number of amides is 2. The number of alkyl halides is 1. The van der Waals surface area contributed by atoms with E-state index in [0.29, 0.717) is 12.1 Å². The topological polar surface area (TPSA) is 125 Å². The summed E-state index contributed by atoms with van der Waals surface area (Å²) in [5.41, 5.74) is 11.4. The number of anilines is 1. The second-order valence-corrected chi connectivity index (χ2v) is 11.9. The molecule has 2 unspecified atom stereocenters. The highest BCUT2D eigenvalue weighted by atomic mass is 35.5. The number of aromatic carboxylic acids is 1. The maximum absolute atomic E-state index is 13.5. The zero-order chi connectivity index (χ0) is 29.4. The van der Waals surface area contributed by atoms with E-state index in [1.54, 1.807) is 47.0 Å². The van der Waals surface area contributed by atoms with Crippen molar-refractivity contribution in [3.63, 3.8) is 0 Å². The van der Waals surface area contributed by atoms with Crippen molar-refractivity contribution in [3.8, 4) is 0 Å². The third-order valence-electron chi connectivity index (χ3n) is 7.18. The summed E-state index contributed by atoms with van der Waals surface area (Å²) in [7, 11) is 0. The summed E-state index contributed by atoms with van der Waals surface area (Å²) in [6.07, 6.45) is 12.6. The van der Waals surface area contributed by atoms with Gasteiger partial charge in [0.05, 0.1) is 17.3 Å². The zero-order valence-electron chi connectivity index (χ0n) is 23.0. The lowest BCUT2D eigenvalue weighted by atomic mass is 9.94. The lowest BCUT2D eigenvalue weighted by molar-refractivity contribution is -0.122. The van der Waals surface area contributed by atoms with E-state index in [2.05, 4.69) is 17.5 Å². The maximum Gasteiger partial charge on any atom is 0.335 e. The Balaban J connectivity index is 1.50. The summed E-state index contributed by atoms with van der Waals surface area (Å²) >= 11 is 8.15. The minimum atomic E-state index is -1.50. The van der Waals surface area contributed by atoms with Crippen LogP contribution in [0.5, 0.6) is 0 Å².